The van der Waals surface area contributed by atoms with Crippen LogP contribution in [0.2, 0.25) is 0 Å². The fourth-order valence-corrected chi connectivity index (χ4v) is 3.96. The predicted octanol–water partition coefficient (Wildman–Crippen LogP) is 4.45. The number of thiophene rings is 1. The van der Waals surface area contributed by atoms with E-state index in [-0.39, 0.29) is 30.2 Å². The van der Waals surface area contributed by atoms with Crippen molar-refractivity contribution in [3.05, 3.63) is 33.4 Å². The summed E-state index contributed by atoms with van der Waals surface area (Å²) in [6, 6.07) is 2.15. The maximum absolute atomic E-state index is 4.36. The zero-order valence-corrected chi connectivity index (χ0v) is 18.2. The fraction of sp³-hybridized carbons (Fsp3) is 0.375. The lowest BCUT2D eigenvalue weighted by Gasteiger charge is -2.14. The summed E-state index contributed by atoms with van der Waals surface area (Å²) in [5, 5.41) is 9.24. The molecule has 2 N–H and O–H groups in total. The molecule has 0 bridgehead atoms. The molecule has 0 saturated heterocycles. The second-order valence-corrected chi connectivity index (χ2v) is 8.54. The van der Waals surface area contributed by atoms with E-state index in [1.165, 1.54) is 9.75 Å². The molecule has 0 aliphatic carbocycles. The Balaban J connectivity index is 0.00000169. The molecule has 0 aliphatic rings. The molecule has 0 unspecified atom stereocenters. The Hall–Kier alpha value is -1.32. The first-order valence-electron chi connectivity index (χ1n) is 7.61. The highest BCUT2D eigenvalue weighted by molar-refractivity contribution is 7.18. The summed E-state index contributed by atoms with van der Waals surface area (Å²) >= 11 is 3.31. The van der Waals surface area contributed by atoms with E-state index in [1.54, 1.807) is 35.2 Å². The molecule has 0 fully saturated rings. The van der Waals surface area contributed by atoms with Gasteiger partial charge >= 0.3 is 0 Å². The number of anilines is 1. The van der Waals surface area contributed by atoms with Gasteiger partial charge in [0, 0.05) is 22.5 Å². The lowest BCUT2D eigenvalue weighted by Crippen LogP contribution is -2.07. The monoisotopic (exact) mass is 432 g/mol. The van der Waals surface area contributed by atoms with E-state index in [9.17, 15) is 0 Å². The third kappa shape index (κ3) is 5.34. The van der Waals surface area contributed by atoms with Gasteiger partial charge in [0.25, 0.3) is 0 Å². The Morgan fingerprint density at radius 3 is 2.62 bits per heavy atom. The van der Waals surface area contributed by atoms with Gasteiger partial charge in [0.2, 0.25) is 0 Å². The van der Waals surface area contributed by atoms with Gasteiger partial charge in [-0.1, -0.05) is 20.8 Å². The third-order valence-corrected chi connectivity index (χ3v) is 5.74. The number of nitrogens with zero attached hydrogens (tertiary/aromatic N) is 4. The van der Waals surface area contributed by atoms with Crippen molar-refractivity contribution in [1.29, 1.82) is 0 Å². The molecule has 0 radical (unpaired) electrons. The van der Waals surface area contributed by atoms with Crippen molar-refractivity contribution in [1.82, 2.24) is 20.3 Å². The Morgan fingerprint density at radius 2 is 1.92 bits per heavy atom. The SMILES string of the molecule is CNCc1cnc(/C=N/Nc2ncnc3sc(C(C)(C)C)cc23)s1.Cl.Cl. The number of halogens is 2. The Morgan fingerprint density at radius 1 is 1.15 bits per heavy atom. The molecule has 3 rings (SSSR count). The van der Waals surface area contributed by atoms with Crippen molar-refractivity contribution in [2.45, 2.75) is 32.7 Å². The first kappa shape index (κ1) is 22.7. The summed E-state index contributed by atoms with van der Waals surface area (Å²) in [4.78, 5) is 16.4. The molecule has 26 heavy (non-hydrogen) atoms. The van der Waals surface area contributed by atoms with Crippen molar-refractivity contribution in [3.63, 3.8) is 0 Å². The van der Waals surface area contributed by atoms with Crippen LogP contribution in [0, 0.1) is 0 Å². The summed E-state index contributed by atoms with van der Waals surface area (Å²) < 4.78 is 0. The van der Waals surface area contributed by atoms with Crippen LogP contribution >= 0.6 is 47.5 Å². The van der Waals surface area contributed by atoms with Crippen LogP contribution in [0.25, 0.3) is 10.2 Å². The second-order valence-electron chi connectivity index (χ2n) is 6.37. The standard InChI is InChI=1S/C16H20N6S2.2ClH/c1-16(2,3)12-5-11-14(19-9-20-15(11)24-12)22-21-8-13-18-7-10(23-13)6-17-4;;/h5,7-9,17H,6H2,1-4H3,(H,19,20,22);2*1H/b21-8+;;. The number of nitrogens with one attached hydrogen (secondary N) is 2. The lowest BCUT2D eigenvalue weighted by molar-refractivity contribution is 0.604. The van der Waals surface area contributed by atoms with E-state index < -0.39 is 0 Å². The van der Waals surface area contributed by atoms with Crippen LogP contribution in [0.1, 0.15) is 35.5 Å². The zero-order valence-electron chi connectivity index (χ0n) is 14.9. The minimum atomic E-state index is 0. The van der Waals surface area contributed by atoms with Gasteiger partial charge < -0.3 is 5.32 Å². The fourth-order valence-electron chi connectivity index (χ4n) is 2.10. The molecule has 0 aromatic carbocycles. The molecule has 3 heterocycles. The number of rotatable bonds is 5. The Kier molecular flexibility index (Phi) is 8.36. The number of hydrazone groups is 1. The average Bonchev–Trinajstić information content (AvgIpc) is 3.14. The average molecular weight is 433 g/mol. The van der Waals surface area contributed by atoms with E-state index in [0.29, 0.717) is 0 Å². The minimum Gasteiger partial charge on any atom is -0.315 e. The summed E-state index contributed by atoms with van der Waals surface area (Å²) in [7, 11) is 1.92. The highest BCUT2D eigenvalue weighted by Crippen LogP contribution is 2.35. The van der Waals surface area contributed by atoms with Gasteiger partial charge in [-0.2, -0.15) is 5.10 Å². The minimum absolute atomic E-state index is 0. The first-order chi connectivity index (χ1) is 11.5. The molecule has 0 aliphatic heterocycles. The second kappa shape index (κ2) is 9.57. The summed E-state index contributed by atoms with van der Waals surface area (Å²) in [5.74, 6) is 0.718. The quantitative estimate of drug-likeness (QED) is 0.459. The molecule has 3 aromatic heterocycles. The van der Waals surface area contributed by atoms with Gasteiger partial charge in [-0.15, -0.1) is 47.5 Å². The van der Waals surface area contributed by atoms with Crippen molar-refractivity contribution >= 4 is 69.7 Å². The van der Waals surface area contributed by atoms with Crippen molar-refractivity contribution in [2.75, 3.05) is 12.5 Å². The number of fused-ring (bicyclic) bond motifs is 1. The topological polar surface area (TPSA) is 75.1 Å². The normalized spacial score (nSPS) is 11.4. The molecule has 3 aromatic rings. The number of aromatic nitrogens is 3. The Labute approximate surface area is 173 Å². The number of hydrogen-bond donors (Lipinski definition) is 2. The van der Waals surface area contributed by atoms with Crippen molar-refractivity contribution in [3.8, 4) is 0 Å². The molecular weight excluding hydrogens is 411 g/mol. The van der Waals surface area contributed by atoms with Crippen LogP contribution in [0.5, 0.6) is 0 Å². The van der Waals surface area contributed by atoms with Crippen LogP contribution in [0.3, 0.4) is 0 Å². The van der Waals surface area contributed by atoms with Crippen LogP contribution < -0.4 is 10.7 Å². The maximum Gasteiger partial charge on any atom is 0.158 e. The predicted molar refractivity (Wildman–Crippen MR) is 117 cm³/mol. The molecule has 0 spiro atoms. The molecular formula is C16H22Cl2N6S2. The number of hydrogen-bond acceptors (Lipinski definition) is 8. The summed E-state index contributed by atoms with van der Waals surface area (Å²) in [5.41, 5.74) is 3.11. The van der Waals surface area contributed by atoms with Crippen LogP contribution in [-0.2, 0) is 12.0 Å². The lowest BCUT2D eigenvalue weighted by atomic mass is 9.94. The molecule has 0 amide bonds. The zero-order chi connectivity index (χ0) is 17.2. The third-order valence-electron chi connectivity index (χ3n) is 3.34. The van der Waals surface area contributed by atoms with E-state index in [1.807, 2.05) is 13.2 Å². The van der Waals surface area contributed by atoms with Gasteiger partial charge in [-0.05, 0) is 18.5 Å². The van der Waals surface area contributed by atoms with Gasteiger partial charge in [0.1, 0.15) is 16.2 Å². The van der Waals surface area contributed by atoms with Crippen molar-refractivity contribution in [2.24, 2.45) is 5.10 Å². The van der Waals surface area contributed by atoms with Crippen LogP contribution in [-0.4, -0.2) is 28.2 Å². The highest BCUT2D eigenvalue weighted by Gasteiger charge is 2.18. The van der Waals surface area contributed by atoms with E-state index in [0.717, 1.165) is 27.6 Å². The summed E-state index contributed by atoms with van der Waals surface area (Å²) in [6.45, 7) is 7.40. The van der Waals surface area contributed by atoms with E-state index >= 15 is 0 Å². The van der Waals surface area contributed by atoms with E-state index in [2.05, 4.69) is 57.6 Å². The summed E-state index contributed by atoms with van der Waals surface area (Å²) in [6.07, 6.45) is 5.15. The van der Waals surface area contributed by atoms with Gasteiger partial charge in [0.15, 0.2) is 5.82 Å². The maximum atomic E-state index is 4.36. The van der Waals surface area contributed by atoms with Gasteiger partial charge in [0.05, 0.1) is 11.6 Å². The van der Waals surface area contributed by atoms with Gasteiger partial charge in [-0.25, -0.2) is 15.0 Å². The van der Waals surface area contributed by atoms with Crippen LogP contribution in [0.15, 0.2) is 23.7 Å². The molecule has 6 nitrogen and oxygen atoms in total. The van der Waals surface area contributed by atoms with E-state index in [4.69, 9.17) is 0 Å². The molecule has 0 saturated carbocycles. The van der Waals surface area contributed by atoms with Crippen LogP contribution in [0.4, 0.5) is 5.82 Å². The molecule has 10 heteroatoms. The van der Waals surface area contributed by atoms with Gasteiger partial charge in [-0.3, -0.25) is 5.43 Å². The number of thiazole rings is 1. The highest BCUT2D eigenvalue weighted by atomic mass is 35.5. The molecule has 142 valence electrons. The first-order valence-corrected chi connectivity index (χ1v) is 9.24. The molecule has 0 atom stereocenters. The van der Waals surface area contributed by atoms with Crippen molar-refractivity contribution < 1.29 is 0 Å². The largest absolute Gasteiger partial charge is 0.315 e. The Bertz CT molecular complexity index is 869. The smallest absolute Gasteiger partial charge is 0.158 e.